The molecule has 1 atom stereocenters. The Kier molecular flexibility index (Phi) is 4.73. The van der Waals surface area contributed by atoms with Crippen molar-refractivity contribution in [3.63, 3.8) is 0 Å². The summed E-state index contributed by atoms with van der Waals surface area (Å²) >= 11 is 0. The van der Waals surface area contributed by atoms with E-state index in [2.05, 4.69) is 4.98 Å². The van der Waals surface area contributed by atoms with Crippen LogP contribution in [0.15, 0.2) is 36.4 Å². The molecule has 0 saturated carbocycles. The van der Waals surface area contributed by atoms with E-state index >= 15 is 0 Å². The molecule has 28 heavy (non-hydrogen) atoms. The number of methoxy groups -OCH3 is 1. The number of amides is 1. The van der Waals surface area contributed by atoms with E-state index in [0.717, 1.165) is 11.3 Å². The summed E-state index contributed by atoms with van der Waals surface area (Å²) in [6, 6.07) is 9.36. The summed E-state index contributed by atoms with van der Waals surface area (Å²) in [5, 5.41) is 0. The predicted octanol–water partition coefficient (Wildman–Crippen LogP) is 3.02. The quantitative estimate of drug-likeness (QED) is 0.827. The van der Waals surface area contributed by atoms with Gasteiger partial charge in [0, 0.05) is 22.5 Å². The molecule has 2 heterocycles. The van der Waals surface area contributed by atoms with Gasteiger partial charge in [-0.3, -0.25) is 14.5 Å². The number of hydrogen-bond acceptors (Lipinski definition) is 5. The number of esters is 1. The number of H-pyrrole nitrogens is 1. The molecule has 0 bridgehead atoms. The molecule has 1 aliphatic heterocycles. The zero-order chi connectivity index (χ0) is 19.7. The number of hydrogen-bond donors (Lipinski definition) is 1. The lowest BCUT2D eigenvalue weighted by Gasteiger charge is -2.26. The van der Waals surface area contributed by atoms with Crippen LogP contribution in [-0.2, 0) is 27.4 Å². The van der Waals surface area contributed by atoms with Crippen molar-refractivity contribution in [3.8, 4) is 0 Å². The van der Waals surface area contributed by atoms with Crippen molar-refractivity contribution in [2.24, 2.45) is 0 Å². The van der Waals surface area contributed by atoms with E-state index in [1.54, 1.807) is 0 Å². The predicted molar refractivity (Wildman–Crippen MR) is 101 cm³/mol. The van der Waals surface area contributed by atoms with Gasteiger partial charge in [-0.25, -0.2) is 4.79 Å². The van der Waals surface area contributed by atoms with Crippen molar-refractivity contribution in [1.29, 1.82) is 0 Å². The van der Waals surface area contributed by atoms with Gasteiger partial charge in [-0.05, 0) is 18.1 Å². The highest BCUT2D eigenvalue weighted by atomic mass is 16.6. The summed E-state index contributed by atoms with van der Waals surface area (Å²) in [7, 11) is 1.34. The number of aromatic nitrogens is 1. The van der Waals surface area contributed by atoms with Crippen LogP contribution in [0.25, 0.3) is 6.08 Å². The third-order valence-electron chi connectivity index (χ3n) is 5.06. The van der Waals surface area contributed by atoms with E-state index in [1.807, 2.05) is 42.5 Å². The lowest BCUT2D eigenvalue weighted by Crippen LogP contribution is -2.40. The highest BCUT2D eigenvalue weighted by molar-refractivity contribution is 6.05. The summed E-state index contributed by atoms with van der Waals surface area (Å²) in [6.07, 6.45) is 3.68. The Labute approximate surface area is 161 Å². The van der Waals surface area contributed by atoms with Gasteiger partial charge in [0.2, 0.25) is 0 Å². The first-order valence-electron chi connectivity index (χ1n) is 9.06. The van der Waals surface area contributed by atoms with E-state index in [-0.39, 0.29) is 31.4 Å². The maximum atomic E-state index is 12.8. The molecule has 0 spiro atoms. The van der Waals surface area contributed by atoms with Crippen LogP contribution < -0.4 is 0 Å². The van der Waals surface area contributed by atoms with Crippen molar-refractivity contribution in [3.05, 3.63) is 64.5 Å². The third-order valence-corrected chi connectivity index (χ3v) is 5.06. The van der Waals surface area contributed by atoms with Gasteiger partial charge in [0.15, 0.2) is 5.78 Å². The topological polar surface area (TPSA) is 88.7 Å². The van der Waals surface area contributed by atoms with Gasteiger partial charge < -0.3 is 14.5 Å². The lowest BCUT2D eigenvalue weighted by molar-refractivity contribution is -0.142. The number of allylic oxidation sites excluding steroid dienone is 1. The van der Waals surface area contributed by atoms with Crippen molar-refractivity contribution in [2.75, 3.05) is 13.7 Å². The fourth-order valence-electron chi connectivity index (χ4n) is 3.76. The van der Waals surface area contributed by atoms with Gasteiger partial charge in [0.25, 0.3) is 0 Å². The molecule has 1 unspecified atom stereocenters. The van der Waals surface area contributed by atoms with Gasteiger partial charge >= 0.3 is 12.1 Å². The summed E-state index contributed by atoms with van der Waals surface area (Å²) in [6.45, 7) is 0.289. The highest BCUT2D eigenvalue weighted by Crippen LogP contribution is 2.37. The molecular formula is C21H20N2O5. The Morgan fingerprint density at radius 1 is 1.21 bits per heavy atom. The van der Waals surface area contributed by atoms with E-state index < -0.39 is 12.0 Å². The lowest BCUT2D eigenvalue weighted by atomic mass is 9.86. The summed E-state index contributed by atoms with van der Waals surface area (Å²) in [4.78, 5) is 42.0. The smallest absolute Gasteiger partial charge is 0.410 e. The number of fused-ring (bicyclic) bond motifs is 3. The van der Waals surface area contributed by atoms with E-state index in [1.165, 1.54) is 12.0 Å². The molecule has 1 amide bonds. The van der Waals surface area contributed by atoms with Gasteiger partial charge in [0.1, 0.15) is 6.61 Å². The number of benzene rings is 1. The molecule has 1 aliphatic carbocycles. The number of rotatable bonds is 3. The second-order valence-electron chi connectivity index (χ2n) is 6.84. The van der Waals surface area contributed by atoms with Gasteiger partial charge in [-0.15, -0.1) is 0 Å². The summed E-state index contributed by atoms with van der Waals surface area (Å²) < 4.78 is 10.2. The highest BCUT2D eigenvalue weighted by Gasteiger charge is 2.37. The zero-order valence-corrected chi connectivity index (χ0v) is 15.4. The molecule has 1 N–H and O–H groups in total. The van der Waals surface area contributed by atoms with E-state index in [9.17, 15) is 14.4 Å². The van der Waals surface area contributed by atoms with Gasteiger partial charge in [-0.2, -0.15) is 0 Å². The minimum atomic E-state index is -0.546. The number of nitrogens with one attached hydrogen (secondary N) is 1. The van der Waals surface area contributed by atoms with Crippen LogP contribution in [0, 0.1) is 0 Å². The van der Waals surface area contributed by atoms with Crippen LogP contribution >= 0.6 is 0 Å². The Balaban J connectivity index is 1.54. The fourth-order valence-corrected chi connectivity index (χ4v) is 3.76. The standard InChI is InChI=1S/C21H20N2O5/c1-27-20(25)14-8-5-9-15-18(14)19-16(22-15)10-23(11-17(19)24)21(26)28-12-13-6-3-2-4-7-13/h2-7,9,14,22H,8,10-12H2,1H3. The molecule has 2 aromatic rings. The van der Waals surface area contributed by atoms with Gasteiger partial charge in [0.05, 0.1) is 26.1 Å². The van der Waals surface area contributed by atoms with E-state index in [0.29, 0.717) is 23.2 Å². The number of ketones is 1. The minimum Gasteiger partial charge on any atom is -0.469 e. The van der Waals surface area contributed by atoms with Crippen LogP contribution in [0.4, 0.5) is 4.79 Å². The van der Waals surface area contributed by atoms with E-state index in [4.69, 9.17) is 9.47 Å². The molecule has 144 valence electrons. The first-order valence-corrected chi connectivity index (χ1v) is 9.06. The minimum absolute atomic E-state index is 0.0808. The summed E-state index contributed by atoms with van der Waals surface area (Å²) in [5.41, 5.74) is 3.40. The number of ether oxygens (including phenoxy) is 2. The average Bonchev–Trinajstić information content (AvgIpc) is 3.11. The van der Waals surface area contributed by atoms with Crippen LogP contribution in [0.3, 0.4) is 0 Å². The second kappa shape index (κ2) is 7.34. The zero-order valence-electron chi connectivity index (χ0n) is 15.4. The molecule has 7 heteroatoms. The SMILES string of the molecule is COC(=O)C1CC=Cc2[nH]c3c(c21)C(=O)CN(C(=O)OCc1ccccc1)C3. The number of nitrogens with zero attached hydrogens (tertiary/aromatic N) is 1. The number of aromatic amines is 1. The van der Waals surface area contributed by atoms with Gasteiger partial charge in [-0.1, -0.05) is 36.4 Å². The first kappa shape index (κ1) is 18.0. The molecule has 1 aromatic heterocycles. The Hall–Kier alpha value is -3.35. The average molecular weight is 380 g/mol. The Morgan fingerprint density at radius 2 is 2.00 bits per heavy atom. The van der Waals surface area contributed by atoms with Crippen LogP contribution in [-0.4, -0.2) is 41.4 Å². The van der Waals surface area contributed by atoms with Crippen molar-refractivity contribution < 1.29 is 23.9 Å². The van der Waals surface area contributed by atoms with Crippen LogP contribution in [0.2, 0.25) is 0 Å². The fraction of sp³-hybridized carbons (Fsp3) is 0.286. The number of carbonyl (C=O) groups excluding carboxylic acids is 3. The molecule has 0 saturated heterocycles. The second-order valence-corrected chi connectivity index (χ2v) is 6.84. The normalized spacial score (nSPS) is 17.7. The van der Waals surface area contributed by atoms with Crippen LogP contribution in [0.1, 0.15) is 45.2 Å². The molecule has 0 radical (unpaired) electrons. The molecule has 7 nitrogen and oxygen atoms in total. The largest absolute Gasteiger partial charge is 0.469 e. The Morgan fingerprint density at radius 3 is 2.75 bits per heavy atom. The maximum Gasteiger partial charge on any atom is 0.410 e. The molecule has 0 fully saturated rings. The van der Waals surface area contributed by atoms with Crippen molar-refractivity contribution in [2.45, 2.75) is 25.5 Å². The maximum absolute atomic E-state index is 12.8. The first-order chi connectivity index (χ1) is 13.6. The van der Waals surface area contributed by atoms with Crippen molar-refractivity contribution in [1.82, 2.24) is 9.88 Å². The summed E-state index contributed by atoms with van der Waals surface area (Å²) in [5.74, 6) is -1.09. The molecule has 2 aliphatic rings. The Bertz CT molecular complexity index is 961. The third kappa shape index (κ3) is 3.19. The number of Topliss-reactive ketones (excluding diaryl/α,β-unsaturated/α-hetero) is 1. The monoisotopic (exact) mass is 380 g/mol. The molecule has 4 rings (SSSR count). The number of carbonyl (C=O) groups is 3. The molecule has 1 aromatic carbocycles. The molecular weight excluding hydrogens is 360 g/mol. The van der Waals surface area contributed by atoms with Crippen LogP contribution in [0.5, 0.6) is 0 Å². The van der Waals surface area contributed by atoms with Crippen molar-refractivity contribution >= 4 is 23.9 Å².